The molecule has 5 rings (SSSR count). The van der Waals surface area contributed by atoms with Gasteiger partial charge in [-0.05, 0) is 6.08 Å². The van der Waals surface area contributed by atoms with E-state index >= 15 is 0 Å². The molecule has 0 atom stereocenters. The second kappa shape index (κ2) is 7.58. The fourth-order valence-corrected chi connectivity index (χ4v) is 3.55. The highest BCUT2D eigenvalue weighted by Gasteiger charge is 2.28. The van der Waals surface area contributed by atoms with Crippen LogP contribution >= 0.6 is 34.5 Å². The van der Waals surface area contributed by atoms with E-state index in [4.69, 9.17) is 23.2 Å². The summed E-state index contributed by atoms with van der Waals surface area (Å²) < 4.78 is 0. The van der Waals surface area contributed by atoms with E-state index in [1.54, 1.807) is 12.3 Å². The lowest BCUT2D eigenvalue weighted by atomic mass is 10.1. The third-order valence-corrected chi connectivity index (χ3v) is 5.09. The summed E-state index contributed by atoms with van der Waals surface area (Å²) in [6.45, 7) is 0. The van der Waals surface area contributed by atoms with Gasteiger partial charge >= 0.3 is 0 Å². The molecule has 2 aliphatic rings. The minimum atomic E-state index is -0.238. The number of hydrogen-bond donors (Lipinski definition) is 2. The largest absolute Gasteiger partial charge is 0.310 e. The number of nitrogens with one attached hydrogen (secondary N) is 2. The van der Waals surface area contributed by atoms with Gasteiger partial charge in [0.1, 0.15) is 39.6 Å². The predicted octanol–water partition coefficient (Wildman–Crippen LogP) is 2.70. The van der Waals surface area contributed by atoms with Crippen LogP contribution in [-0.2, 0) is 16.0 Å². The van der Waals surface area contributed by atoms with Crippen LogP contribution in [0.3, 0.4) is 0 Å². The maximum Gasteiger partial charge on any atom is 0.257 e. The molecule has 3 aromatic heterocycles. The average Bonchev–Trinajstić information content (AvgIpc) is 3.37. The van der Waals surface area contributed by atoms with Gasteiger partial charge in [0.2, 0.25) is 5.91 Å². The Morgan fingerprint density at radius 1 is 0.964 bits per heavy atom. The number of rotatable bonds is 1. The molecule has 0 aromatic carbocycles. The molecule has 2 amide bonds. The van der Waals surface area contributed by atoms with Gasteiger partial charge in [0.15, 0.2) is 0 Å². The van der Waals surface area contributed by atoms with E-state index in [2.05, 4.69) is 35.6 Å². The highest BCUT2D eigenvalue weighted by Crippen LogP contribution is 2.35. The van der Waals surface area contributed by atoms with Crippen LogP contribution in [0, 0.1) is 0 Å². The van der Waals surface area contributed by atoms with Crippen molar-refractivity contribution in [1.29, 1.82) is 0 Å². The number of thiazole rings is 1. The van der Waals surface area contributed by atoms with Crippen LogP contribution in [0.25, 0.3) is 11.6 Å². The summed E-state index contributed by atoms with van der Waals surface area (Å²) in [5.41, 5.74) is 1.68. The number of amides is 2. The monoisotopic (exact) mass is 433 g/mol. The Kier molecular flexibility index (Phi) is 4.99. The lowest BCUT2D eigenvalue weighted by Crippen LogP contribution is -2.04. The smallest absolute Gasteiger partial charge is 0.257 e. The Labute approximate surface area is 171 Å². The van der Waals surface area contributed by atoms with Crippen LogP contribution in [0.2, 0.25) is 10.3 Å². The van der Waals surface area contributed by atoms with Crippen molar-refractivity contribution in [3.05, 3.63) is 50.7 Å². The summed E-state index contributed by atoms with van der Waals surface area (Å²) in [6, 6.07) is 0. The molecule has 0 bridgehead atoms. The SMILES string of the molecule is O=C1Cc2c(Cl)ncnc2N1.O=C1Nc2ncnc(Cl)c2C1=Cc1nccs1. The highest BCUT2D eigenvalue weighted by molar-refractivity contribution is 7.10. The number of anilines is 2. The van der Waals surface area contributed by atoms with Crippen LogP contribution in [0.5, 0.6) is 0 Å². The molecule has 0 saturated heterocycles. The molecule has 0 radical (unpaired) electrons. The first-order valence-corrected chi connectivity index (χ1v) is 9.39. The Balaban J connectivity index is 0.000000151. The zero-order chi connectivity index (χ0) is 19.7. The highest BCUT2D eigenvalue weighted by atomic mass is 35.5. The minimum absolute atomic E-state index is 0.0811. The Bertz CT molecular complexity index is 1120. The molecule has 2 N–H and O–H groups in total. The third-order valence-electron chi connectivity index (χ3n) is 3.75. The number of aromatic nitrogens is 5. The molecule has 9 nitrogen and oxygen atoms in total. The first-order chi connectivity index (χ1) is 13.5. The summed E-state index contributed by atoms with van der Waals surface area (Å²) >= 11 is 13.1. The number of carbonyl (C=O) groups excluding carboxylic acids is 2. The topological polar surface area (TPSA) is 123 Å². The van der Waals surface area contributed by atoms with Gasteiger partial charge in [0.25, 0.3) is 5.91 Å². The average molecular weight is 434 g/mol. The maximum atomic E-state index is 11.8. The van der Waals surface area contributed by atoms with Crippen molar-refractivity contribution in [2.75, 3.05) is 10.6 Å². The molecule has 140 valence electrons. The van der Waals surface area contributed by atoms with Gasteiger partial charge in [0.05, 0.1) is 17.6 Å². The number of carbonyl (C=O) groups is 2. The Morgan fingerprint density at radius 3 is 2.43 bits per heavy atom. The van der Waals surface area contributed by atoms with Crippen molar-refractivity contribution in [1.82, 2.24) is 24.9 Å². The number of nitrogens with zero attached hydrogens (tertiary/aromatic N) is 5. The molecule has 0 spiro atoms. The van der Waals surface area contributed by atoms with E-state index in [1.807, 2.05) is 5.38 Å². The van der Waals surface area contributed by atoms with Crippen molar-refractivity contribution < 1.29 is 9.59 Å². The van der Waals surface area contributed by atoms with Gasteiger partial charge < -0.3 is 10.6 Å². The number of halogens is 2. The normalized spacial score (nSPS) is 15.4. The molecule has 2 aliphatic heterocycles. The summed E-state index contributed by atoms with van der Waals surface area (Å²) in [6.07, 6.45) is 6.28. The van der Waals surface area contributed by atoms with E-state index in [0.717, 1.165) is 5.01 Å². The third kappa shape index (κ3) is 3.57. The molecule has 3 aromatic rings. The molecule has 0 unspecified atom stereocenters. The van der Waals surface area contributed by atoms with Crippen molar-refractivity contribution in [3.63, 3.8) is 0 Å². The summed E-state index contributed by atoms with van der Waals surface area (Å²) in [4.78, 5) is 42.1. The Hall–Kier alpha value is -2.95. The second-order valence-electron chi connectivity index (χ2n) is 5.49. The van der Waals surface area contributed by atoms with Crippen LogP contribution in [0.15, 0.2) is 24.2 Å². The van der Waals surface area contributed by atoms with E-state index in [0.29, 0.717) is 33.5 Å². The summed E-state index contributed by atoms with van der Waals surface area (Å²) in [7, 11) is 0. The van der Waals surface area contributed by atoms with Gasteiger partial charge in [-0.1, -0.05) is 23.2 Å². The van der Waals surface area contributed by atoms with Gasteiger partial charge in [-0.25, -0.2) is 24.9 Å². The van der Waals surface area contributed by atoms with Crippen molar-refractivity contribution in [2.24, 2.45) is 0 Å². The van der Waals surface area contributed by atoms with Gasteiger partial charge in [-0.15, -0.1) is 11.3 Å². The molecular formula is C16H9Cl2N7O2S. The van der Waals surface area contributed by atoms with Crippen molar-refractivity contribution in [3.8, 4) is 0 Å². The van der Waals surface area contributed by atoms with Crippen molar-refractivity contribution in [2.45, 2.75) is 6.42 Å². The molecule has 12 heteroatoms. The van der Waals surface area contributed by atoms with E-state index < -0.39 is 0 Å². The standard InChI is InChI=1S/C10H5ClN4OS.C6H4ClN3O/c11-8-7-5(3-6-12-1-2-17-6)10(16)15-9(7)14-4-13-8;7-5-3-1-4(11)10-6(3)9-2-8-5/h1-4H,(H,13,14,15,16);2H,1H2,(H,8,9,10,11). The lowest BCUT2D eigenvalue weighted by Gasteiger charge is -1.97. The second-order valence-corrected chi connectivity index (χ2v) is 7.13. The van der Waals surface area contributed by atoms with Crippen LogP contribution in [0.1, 0.15) is 16.1 Å². The molecule has 0 fully saturated rings. The maximum absolute atomic E-state index is 11.8. The summed E-state index contributed by atoms with van der Waals surface area (Å²) in [5.74, 6) is 0.660. The first-order valence-electron chi connectivity index (χ1n) is 7.75. The zero-order valence-corrected chi connectivity index (χ0v) is 16.1. The van der Waals surface area contributed by atoms with E-state index in [9.17, 15) is 9.59 Å². The molecule has 28 heavy (non-hydrogen) atoms. The van der Waals surface area contributed by atoms with Crippen LogP contribution in [0.4, 0.5) is 11.6 Å². The minimum Gasteiger partial charge on any atom is -0.310 e. The fourth-order valence-electron chi connectivity index (χ4n) is 2.54. The molecule has 5 heterocycles. The molecule has 0 saturated carbocycles. The van der Waals surface area contributed by atoms with Gasteiger partial charge in [-0.2, -0.15) is 0 Å². The lowest BCUT2D eigenvalue weighted by molar-refractivity contribution is -0.115. The number of fused-ring (bicyclic) bond motifs is 2. The number of hydrogen-bond acceptors (Lipinski definition) is 8. The van der Waals surface area contributed by atoms with E-state index in [1.165, 1.54) is 24.0 Å². The molecular weight excluding hydrogens is 425 g/mol. The van der Waals surface area contributed by atoms with Crippen LogP contribution < -0.4 is 10.6 Å². The first kappa shape index (κ1) is 18.4. The van der Waals surface area contributed by atoms with Gasteiger partial charge in [0, 0.05) is 17.1 Å². The predicted molar refractivity (Wildman–Crippen MR) is 105 cm³/mol. The van der Waals surface area contributed by atoms with Crippen LogP contribution in [-0.4, -0.2) is 36.7 Å². The quantitative estimate of drug-likeness (QED) is 0.446. The zero-order valence-electron chi connectivity index (χ0n) is 13.8. The van der Waals surface area contributed by atoms with E-state index in [-0.39, 0.29) is 23.4 Å². The molecule has 0 aliphatic carbocycles. The van der Waals surface area contributed by atoms with Gasteiger partial charge in [-0.3, -0.25) is 9.59 Å². The fraction of sp³-hybridized carbons (Fsp3) is 0.0625. The summed E-state index contributed by atoms with van der Waals surface area (Å²) in [5, 5.41) is 8.39. The van der Waals surface area contributed by atoms with Crippen molar-refractivity contribution >= 4 is 69.6 Å². The Morgan fingerprint density at radius 2 is 1.71 bits per heavy atom.